The maximum absolute atomic E-state index is 4.52. The van der Waals surface area contributed by atoms with Crippen molar-refractivity contribution in [1.29, 1.82) is 0 Å². The minimum atomic E-state index is 0.474. The van der Waals surface area contributed by atoms with E-state index >= 15 is 0 Å². The fourth-order valence-corrected chi connectivity index (χ4v) is 1.43. The quantitative estimate of drug-likeness (QED) is 0.704. The highest BCUT2D eigenvalue weighted by Crippen LogP contribution is 2.15. The molecule has 0 unspecified atom stereocenters. The number of rotatable bonds is 2. The molecule has 0 spiro atoms. The standard InChI is InChI=1S/C12H14N2/c1-4-10-5-6-12-13-11(9(2)3)8-14(12)7-10/h4-9H,1H2,2-3H3. The third kappa shape index (κ3) is 1.43. The Morgan fingerprint density at radius 2 is 2.14 bits per heavy atom. The number of imidazole rings is 1. The fraction of sp³-hybridized carbons (Fsp3) is 0.250. The average Bonchev–Trinajstić information content (AvgIpc) is 2.59. The van der Waals surface area contributed by atoms with Crippen molar-refractivity contribution in [3.63, 3.8) is 0 Å². The molecule has 0 saturated heterocycles. The van der Waals surface area contributed by atoms with Gasteiger partial charge in [-0.1, -0.05) is 26.5 Å². The lowest BCUT2D eigenvalue weighted by Gasteiger charge is -1.95. The summed E-state index contributed by atoms with van der Waals surface area (Å²) in [5, 5.41) is 0. The van der Waals surface area contributed by atoms with E-state index in [4.69, 9.17) is 0 Å². The molecule has 2 aromatic heterocycles. The van der Waals surface area contributed by atoms with Crippen molar-refractivity contribution < 1.29 is 0 Å². The van der Waals surface area contributed by atoms with E-state index in [0.29, 0.717) is 5.92 Å². The van der Waals surface area contributed by atoms with Crippen LogP contribution in [0.25, 0.3) is 11.7 Å². The van der Waals surface area contributed by atoms with Crippen LogP contribution in [0.1, 0.15) is 31.0 Å². The lowest BCUT2D eigenvalue weighted by Crippen LogP contribution is -1.84. The molecule has 14 heavy (non-hydrogen) atoms. The van der Waals surface area contributed by atoms with Gasteiger partial charge in [0.15, 0.2) is 0 Å². The molecule has 0 aliphatic heterocycles. The maximum atomic E-state index is 4.52. The Hall–Kier alpha value is -1.57. The molecule has 72 valence electrons. The second-order valence-electron chi connectivity index (χ2n) is 3.75. The van der Waals surface area contributed by atoms with Crippen molar-refractivity contribution in [3.8, 4) is 0 Å². The van der Waals surface area contributed by atoms with Gasteiger partial charge in [0.25, 0.3) is 0 Å². The van der Waals surface area contributed by atoms with E-state index in [2.05, 4.69) is 31.6 Å². The van der Waals surface area contributed by atoms with Gasteiger partial charge in [0.2, 0.25) is 0 Å². The molecule has 0 aromatic carbocycles. The van der Waals surface area contributed by atoms with Crippen molar-refractivity contribution in [3.05, 3.63) is 42.4 Å². The fourth-order valence-electron chi connectivity index (χ4n) is 1.43. The summed E-state index contributed by atoms with van der Waals surface area (Å²) in [5.74, 6) is 0.474. The highest BCUT2D eigenvalue weighted by Gasteiger charge is 2.04. The van der Waals surface area contributed by atoms with Crippen molar-refractivity contribution in [2.75, 3.05) is 0 Å². The average molecular weight is 186 g/mol. The summed E-state index contributed by atoms with van der Waals surface area (Å²) in [6.45, 7) is 8.04. The number of fused-ring (bicyclic) bond motifs is 1. The van der Waals surface area contributed by atoms with Crippen LogP contribution in [-0.4, -0.2) is 9.38 Å². The summed E-state index contributed by atoms with van der Waals surface area (Å²) in [4.78, 5) is 4.52. The van der Waals surface area contributed by atoms with Crippen LogP contribution in [0.4, 0.5) is 0 Å². The van der Waals surface area contributed by atoms with Gasteiger partial charge in [0.05, 0.1) is 5.69 Å². The predicted octanol–water partition coefficient (Wildman–Crippen LogP) is 3.10. The molecule has 0 radical (unpaired) electrons. The highest BCUT2D eigenvalue weighted by molar-refractivity contribution is 5.51. The number of hydrogen-bond acceptors (Lipinski definition) is 1. The minimum absolute atomic E-state index is 0.474. The van der Waals surface area contributed by atoms with Crippen LogP contribution in [0.15, 0.2) is 31.1 Å². The molecule has 2 nitrogen and oxygen atoms in total. The molecule has 0 aliphatic rings. The van der Waals surface area contributed by atoms with Gasteiger partial charge in [-0.25, -0.2) is 4.98 Å². The number of aromatic nitrogens is 2. The van der Waals surface area contributed by atoms with Gasteiger partial charge in [-0.2, -0.15) is 0 Å². The van der Waals surface area contributed by atoms with Crippen LogP contribution in [-0.2, 0) is 0 Å². The monoisotopic (exact) mass is 186 g/mol. The molecule has 0 saturated carbocycles. The van der Waals surface area contributed by atoms with E-state index in [1.54, 1.807) is 0 Å². The lowest BCUT2D eigenvalue weighted by molar-refractivity contribution is 0.834. The SMILES string of the molecule is C=Cc1ccc2nc(C(C)C)cn2c1. The van der Waals surface area contributed by atoms with E-state index < -0.39 is 0 Å². The molecular formula is C12H14N2. The van der Waals surface area contributed by atoms with Crippen molar-refractivity contribution in [1.82, 2.24) is 9.38 Å². The van der Waals surface area contributed by atoms with Gasteiger partial charge in [0, 0.05) is 12.4 Å². The number of hydrogen-bond donors (Lipinski definition) is 0. The van der Waals surface area contributed by atoms with Crippen molar-refractivity contribution >= 4 is 11.7 Å². The molecule has 2 rings (SSSR count). The van der Waals surface area contributed by atoms with Crippen LogP contribution >= 0.6 is 0 Å². The summed E-state index contributed by atoms with van der Waals surface area (Å²) < 4.78 is 2.05. The minimum Gasteiger partial charge on any atom is -0.306 e. The molecule has 2 heteroatoms. The highest BCUT2D eigenvalue weighted by atomic mass is 15.0. The van der Waals surface area contributed by atoms with Crippen molar-refractivity contribution in [2.45, 2.75) is 19.8 Å². The van der Waals surface area contributed by atoms with Gasteiger partial charge < -0.3 is 4.40 Å². The molecule has 0 bridgehead atoms. The molecule has 0 N–H and O–H groups in total. The second kappa shape index (κ2) is 3.29. The van der Waals surface area contributed by atoms with E-state index in [1.165, 1.54) is 0 Å². The van der Waals surface area contributed by atoms with E-state index in [0.717, 1.165) is 16.9 Å². The van der Waals surface area contributed by atoms with Crippen LogP contribution < -0.4 is 0 Å². The van der Waals surface area contributed by atoms with E-state index in [9.17, 15) is 0 Å². The first-order valence-electron chi connectivity index (χ1n) is 4.82. The summed E-state index contributed by atoms with van der Waals surface area (Å²) >= 11 is 0. The largest absolute Gasteiger partial charge is 0.306 e. The van der Waals surface area contributed by atoms with Crippen LogP contribution in [0.5, 0.6) is 0 Å². The van der Waals surface area contributed by atoms with Gasteiger partial charge in [-0.3, -0.25) is 0 Å². The Bertz CT molecular complexity index is 466. The van der Waals surface area contributed by atoms with Gasteiger partial charge in [-0.15, -0.1) is 0 Å². The first-order chi connectivity index (χ1) is 6.70. The third-order valence-corrected chi connectivity index (χ3v) is 2.32. The Morgan fingerprint density at radius 3 is 2.79 bits per heavy atom. The zero-order valence-electron chi connectivity index (χ0n) is 8.57. The summed E-state index contributed by atoms with van der Waals surface area (Å²) in [6, 6.07) is 4.04. The Labute approximate surface area is 83.9 Å². The second-order valence-corrected chi connectivity index (χ2v) is 3.75. The normalized spacial score (nSPS) is 11.1. The van der Waals surface area contributed by atoms with E-state index in [-0.39, 0.29) is 0 Å². The summed E-state index contributed by atoms with van der Waals surface area (Å²) in [7, 11) is 0. The van der Waals surface area contributed by atoms with Crippen LogP contribution in [0.3, 0.4) is 0 Å². The first-order valence-corrected chi connectivity index (χ1v) is 4.82. The summed E-state index contributed by atoms with van der Waals surface area (Å²) in [5.41, 5.74) is 3.25. The Balaban J connectivity index is 2.59. The molecular weight excluding hydrogens is 172 g/mol. The Morgan fingerprint density at radius 1 is 1.36 bits per heavy atom. The van der Waals surface area contributed by atoms with Crippen molar-refractivity contribution in [2.24, 2.45) is 0 Å². The van der Waals surface area contributed by atoms with Gasteiger partial charge in [0.1, 0.15) is 5.65 Å². The third-order valence-electron chi connectivity index (χ3n) is 2.32. The molecule has 0 aliphatic carbocycles. The van der Waals surface area contributed by atoms with Crippen LogP contribution in [0.2, 0.25) is 0 Å². The first kappa shape index (κ1) is 9.00. The number of nitrogens with zero attached hydrogens (tertiary/aromatic N) is 2. The van der Waals surface area contributed by atoms with E-state index in [1.807, 2.05) is 28.8 Å². The number of pyridine rings is 1. The molecule has 2 aromatic rings. The smallest absolute Gasteiger partial charge is 0.137 e. The molecule has 0 fully saturated rings. The zero-order chi connectivity index (χ0) is 10.1. The van der Waals surface area contributed by atoms with Gasteiger partial charge >= 0.3 is 0 Å². The lowest BCUT2D eigenvalue weighted by atomic mass is 10.2. The molecule has 2 heterocycles. The maximum Gasteiger partial charge on any atom is 0.137 e. The van der Waals surface area contributed by atoms with Crippen LogP contribution in [0, 0.1) is 0 Å². The van der Waals surface area contributed by atoms with Gasteiger partial charge in [-0.05, 0) is 23.6 Å². The molecule has 0 amide bonds. The predicted molar refractivity (Wildman–Crippen MR) is 59.4 cm³/mol. The topological polar surface area (TPSA) is 17.3 Å². The summed E-state index contributed by atoms with van der Waals surface area (Å²) in [6.07, 6.45) is 5.96. The molecule has 0 atom stereocenters. The Kier molecular flexibility index (Phi) is 2.12. The zero-order valence-corrected chi connectivity index (χ0v) is 8.57.